The number of rotatable bonds is 3. The van der Waals surface area contributed by atoms with E-state index in [1.54, 1.807) is 5.01 Å². The molecule has 0 aliphatic carbocycles. The van der Waals surface area contributed by atoms with Crippen molar-refractivity contribution < 1.29 is 4.79 Å². The SMILES string of the molecule is Cc1ccc(C2=NN(CN3CCCCC3)C(=O)CC2)cc1C. The molecule has 1 amide bonds. The Hall–Kier alpha value is -1.68. The van der Waals surface area contributed by atoms with Gasteiger partial charge in [-0.2, -0.15) is 5.10 Å². The van der Waals surface area contributed by atoms with Gasteiger partial charge in [0, 0.05) is 12.8 Å². The molecule has 1 aromatic carbocycles. The Kier molecular flexibility index (Phi) is 4.57. The second-order valence-corrected chi connectivity index (χ2v) is 6.46. The van der Waals surface area contributed by atoms with Crippen LogP contribution < -0.4 is 0 Å². The fraction of sp³-hybridized carbons (Fsp3) is 0.556. The molecule has 4 nitrogen and oxygen atoms in total. The summed E-state index contributed by atoms with van der Waals surface area (Å²) >= 11 is 0. The molecule has 1 saturated heterocycles. The van der Waals surface area contributed by atoms with E-state index in [0.717, 1.165) is 30.8 Å². The van der Waals surface area contributed by atoms with Crippen LogP contribution in [-0.2, 0) is 4.79 Å². The van der Waals surface area contributed by atoms with Crippen molar-refractivity contribution in [2.24, 2.45) is 5.10 Å². The van der Waals surface area contributed by atoms with Crippen LogP contribution in [0.1, 0.15) is 48.8 Å². The largest absolute Gasteiger partial charge is 0.284 e. The molecule has 0 bridgehead atoms. The molecule has 0 unspecified atom stereocenters. The van der Waals surface area contributed by atoms with Crippen molar-refractivity contribution in [3.63, 3.8) is 0 Å². The molecule has 1 aromatic rings. The smallest absolute Gasteiger partial charge is 0.244 e. The minimum absolute atomic E-state index is 0.151. The lowest BCUT2D eigenvalue weighted by atomic mass is 10.00. The molecule has 0 spiro atoms. The Labute approximate surface area is 132 Å². The van der Waals surface area contributed by atoms with Gasteiger partial charge in [0.2, 0.25) is 5.91 Å². The van der Waals surface area contributed by atoms with Crippen LogP contribution in [0.15, 0.2) is 23.3 Å². The number of hydrogen-bond donors (Lipinski definition) is 0. The topological polar surface area (TPSA) is 35.9 Å². The van der Waals surface area contributed by atoms with E-state index in [0.29, 0.717) is 13.1 Å². The van der Waals surface area contributed by atoms with Crippen LogP contribution in [0.5, 0.6) is 0 Å². The molecule has 2 aliphatic rings. The summed E-state index contributed by atoms with van der Waals surface area (Å²) in [5, 5.41) is 6.34. The average molecular weight is 299 g/mol. The molecule has 2 aliphatic heterocycles. The predicted octanol–water partition coefficient (Wildman–Crippen LogP) is 3.07. The van der Waals surface area contributed by atoms with E-state index in [-0.39, 0.29) is 5.91 Å². The molecule has 3 rings (SSSR count). The first kappa shape index (κ1) is 15.2. The van der Waals surface area contributed by atoms with Crippen molar-refractivity contribution in [2.75, 3.05) is 19.8 Å². The van der Waals surface area contributed by atoms with Crippen LogP contribution in [0.2, 0.25) is 0 Å². The highest BCUT2D eigenvalue weighted by Gasteiger charge is 2.24. The lowest BCUT2D eigenvalue weighted by Crippen LogP contribution is -2.43. The van der Waals surface area contributed by atoms with Gasteiger partial charge in [0.1, 0.15) is 0 Å². The molecule has 0 aromatic heterocycles. The maximum absolute atomic E-state index is 12.2. The number of aryl methyl sites for hydroxylation is 2. The Morgan fingerprint density at radius 3 is 2.55 bits per heavy atom. The summed E-state index contributed by atoms with van der Waals surface area (Å²) in [6.07, 6.45) is 5.09. The van der Waals surface area contributed by atoms with E-state index in [1.807, 2.05) is 0 Å². The molecule has 0 N–H and O–H groups in total. The molecule has 4 heteroatoms. The standard InChI is InChI=1S/C18H25N3O/c1-14-6-7-16(12-15(14)2)17-8-9-18(22)21(19-17)13-20-10-4-3-5-11-20/h6-7,12H,3-5,8-11,13H2,1-2H3. The molecule has 1 fully saturated rings. The second kappa shape index (κ2) is 6.61. The van der Waals surface area contributed by atoms with Crippen molar-refractivity contribution in [1.29, 1.82) is 0 Å². The lowest BCUT2D eigenvalue weighted by Gasteiger charge is -2.32. The number of carbonyl (C=O) groups is 1. The third kappa shape index (κ3) is 3.38. The van der Waals surface area contributed by atoms with Crippen molar-refractivity contribution >= 4 is 11.6 Å². The first-order valence-corrected chi connectivity index (χ1v) is 8.31. The van der Waals surface area contributed by atoms with Gasteiger partial charge < -0.3 is 0 Å². The Balaban J connectivity index is 1.77. The third-order valence-electron chi connectivity index (χ3n) is 4.73. The number of carbonyl (C=O) groups excluding carboxylic acids is 1. The molecular formula is C18H25N3O. The molecular weight excluding hydrogens is 274 g/mol. The van der Waals surface area contributed by atoms with E-state index < -0.39 is 0 Å². The maximum Gasteiger partial charge on any atom is 0.244 e. The average Bonchev–Trinajstić information content (AvgIpc) is 2.53. The van der Waals surface area contributed by atoms with E-state index >= 15 is 0 Å². The predicted molar refractivity (Wildman–Crippen MR) is 88.8 cm³/mol. The fourth-order valence-electron chi connectivity index (χ4n) is 3.13. The van der Waals surface area contributed by atoms with Gasteiger partial charge in [-0.3, -0.25) is 9.69 Å². The first-order valence-electron chi connectivity index (χ1n) is 8.31. The minimum Gasteiger partial charge on any atom is -0.284 e. The maximum atomic E-state index is 12.2. The quantitative estimate of drug-likeness (QED) is 0.860. The Bertz CT molecular complexity index is 588. The Morgan fingerprint density at radius 2 is 1.82 bits per heavy atom. The summed E-state index contributed by atoms with van der Waals surface area (Å²) in [4.78, 5) is 14.5. The highest BCUT2D eigenvalue weighted by atomic mass is 16.2. The molecule has 0 radical (unpaired) electrons. The van der Waals surface area contributed by atoms with Gasteiger partial charge >= 0.3 is 0 Å². The molecule has 2 heterocycles. The summed E-state index contributed by atoms with van der Waals surface area (Å²) in [5.41, 5.74) is 4.76. The summed E-state index contributed by atoms with van der Waals surface area (Å²) in [6.45, 7) is 7.05. The van der Waals surface area contributed by atoms with Gasteiger partial charge in [-0.1, -0.05) is 18.6 Å². The summed E-state index contributed by atoms with van der Waals surface area (Å²) in [6, 6.07) is 6.44. The minimum atomic E-state index is 0.151. The van der Waals surface area contributed by atoms with Crippen LogP contribution in [0.25, 0.3) is 0 Å². The lowest BCUT2D eigenvalue weighted by molar-refractivity contribution is -0.134. The highest BCUT2D eigenvalue weighted by Crippen LogP contribution is 2.19. The van der Waals surface area contributed by atoms with Gasteiger partial charge in [-0.15, -0.1) is 0 Å². The summed E-state index contributed by atoms with van der Waals surface area (Å²) in [5.74, 6) is 0.151. The van der Waals surface area contributed by atoms with Gasteiger partial charge in [0.15, 0.2) is 0 Å². The van der Waals surface area contributed by atoms with E-state index in [4.69, 9.17) is 0 Å². The van der Waals surface area contributed by atoms with Crippen molar-refractivity contribution in [3.8, 4) is 0 Å². The van der Waals surface area contributed by atoms with Crippen molar-refractivity contribution in [3.05, 3.63) is 34.9 Å². The number of hydrazone groups is 1. The number of nitrogens with zero attached hydrogens (tertiary/aromatic N) is 3. The van der Waals surface area contributed by atoms with Crippen LogP contribution in [0, 0.1) is 13.8 Å². The van der Waals surface area contributed by atoms with E-state index in [9.17, 15) is 4.79 Å². The summed E-state index contributed by atoms with van der Waals surface area (Å²) < 4.78 is 0. The van der Waals surface area contributed by atoms with Crippen LogP contribution >= 0.6 is 0 Å². The highest BCUT2D eigenvalue weighted by molar-refractivity contribution is 6.04. The van der Waals surface area contributed by atoms with Gasteiger partial charge in [-0.25, -0.2) is 5.01 Å². The normalized spacial score (nSPS) is 20.2. The third-order valence-corrected chi connectivity index (χ3v) is 4.73. The number of piperidine rings is 1. The van der Waals surface area contributed by atoms with Crippen LogP contribution in [0.4, 0.5) is 0 Å². The van der Waals surface area contributed by atoms with Crippen LogP contribution in [0.3, 0.4) is 0 Å². The fourth-order valence-corrected chi connectivity index (χ4v) is 3.13. The zero-order valence-electron chi connectivity index (χ0n) is 13.6. The molecule has 22 heavy (non-hydrogen) atoms. The van der Waals surface area contributed by atoms with Crippen molar-refractivity contribution in [1.82, 2.24) is 9.91 Å². The second-order valence-electron chi connectivity index (χ2n) is 6.46. The van der Waals surface area contributed by atoms with Gasteiger partial charge in [-0.05, 0) is 62.5 Å². The first-order chi connectivity index (χ1) is 10.6. The van der Waals surface area contributed by atoms with Crippen LogP contribution in [-0.4, -0.2) is 41.3 Å². The number of hydrogen-bond acceptors (Lipinski definition) is 3. The zero-order valence-corrected chi connectivity index (χ0v) is 13.6. The van der Waals surface area contributed by atoms with Gasteiger partial charge in [0.25, 0.3) is 0 Å². The number of benzene rings is 1. The van der Waals surface area contributed by atoms with E-state index in [1.165, 1.54) is 30.4 Å². The number of amides is 1. The van der Waals surface area contributed by atoms with Crippen molar-refractivity contribution in [2.45, 2.75) is 46.0 Å². The zero-order chi connectivity index (χ0) is 15.5. The molecule has 118 valence electrons. The Morgan fingerprint density at radius 1 is 1.05 bits per heavy atom. The number of likely N-dealkylation sites (tertiary alicyclic amines) is 1. The molecule has 0 saturated carbocycles. The monoisotopic (exact) mass is 299 g/mol. The van der Waals surface area contributed by atoms with E-state index in [2.05, 4.69) is 42.0 Å². The van der Waals surface area contributed by atoms with Gasteiger partial charge in [0.05, 0.1) is 12.4 Å². The summed E-state index contributed by atoms with van der Waals surface area (Å²) in [7, 11) is 0. The molecule has 0 atom stereocenters.